The molecule has 1 aromatic heterocycles. The molecule has 1 aromatic carbocycles. The van der Waals surface area contributed by atoms with E-state index in [4.69, 9.17) is 27.9 Å². The average molecular weight is 498 g/mol. The van der Waals surface area contributed by atoms with Crippen LogP contribution >= 0.6 is 35.0 Å². The van der Waals surface area contributed by atoms with E-state index in [1.807, 2.05) is 0 Å². The zero-order valence-electron chi connectivity index (χ0n) is 16.9. The van der Waals surface area contributed by atoms with Crippen molar-refractivity contribution < 1.29 is 23.5 Å². The van der Waals surface area contributed by atoms with E-state index in [-0.39, 0.29) is 29.0 Å². The fourth-order valence-corrected chi connectivity index (χ4v) is 5.90. The summed E-state index contributed by atoms with van der Waals surface area (Å²) in [7, 11) is 0. The number of benzene rings is 1. The smallest absolute Gasteiger partial charge is 0.330 e. The van der Waals surface area contributed by atoms with Gasteiger partial charge in [-0.3, -0.25) is 9.59 Å². The highest BCUT2D eigenvalue weighted by atomic mass is 35.5. The molecular formula is C21H18Cl2FN3O4S. The van der Waals surface area contributed by atoms with Crippen LogP contribution in [0, 0.1) is 12.7 Å². The Morgan fingerprint density at radius 3 is 2.78 bits per heavy atom. The number of esters is 1. The summed E-state index contributed by atoms with van der Waals surface area (Å²) >= 11 is 13.5. The minimum absolute atomic E-state index is 0.107. The third-order valence-corrected chi connectivity index (χ3v) is 7.94. The second-order valence-corrected chi connectivity index (χ2v) is 9.51. The van der Waals surface area contributed by atoms with Crippen molar-refractivity contribution in [2.24, 2.45) is 0 Å². The van der Waals surface area contributed by atoms with Crippen molar-refractivity contribution in [2.75, 3.05) is 17.7 Å². The lowest BCUT2D eigenvalue weighted by atomic mass is 10.0. The predicted molar refractivity (Wildman–Crippen MR) is 119 cm³/mol. The molecule has 0 aliphatic carbocycles. The van der Waals surface area contributed by atoms with Crippen molar-refractivity contribution in [3.8, 4) is 0 Å². The van der Waals surface area contributed by atoms with Crippen molar-refractivity contribution in [1.29, 1.82) is 0 Å². The maximum absolute atomic E-state index is 13.4. The first-order valence-corrected chi connectivity index (χ1v) is 11.5. The van der Waals surface area contributed by atoms with Gasteiger partial charge in [0, 0.05) is 18.4 Å². The lowest BCUT2D eigenvalue weighted by molar-refractivity contribution is -0.155. The number of rotatable bonds is 5. The van der Waals surface area contributed by atoms with Crippen LogP contribution < -0.4 is 5.32 Å². The maximum atomic E-state index is 13.4. The van der Waals surface area contributed by atoms with E-state index in [1.165, 1.54) is 35.0 Å². The molecule has 2 amide bonds. The fraction of sp³-hybridized carbons (Fsp3) is 0.333. The van der Waals surface area contributed by atoms with Crippen molar-refractivity contribution in [2.45, 2.75) is 30.7 Å². The Labute approximate surface area is 197 Å². The SMILES string of the molecule is Cc1c(Cl)cnc(NC(=O)COC(=O)C2CSC3(c4ccc(F)cc4)CCC(=O)N23)c1Cl. The summed E-state index contributed by atoms with van der Waals surface area (Å²) in [4.78, 5) is 42.3. The van der Waals surface area contributed by atoms with Gasteiger partial charge in [-0.2, -0.15) is 0 Å². The average Bonchev–Trinajstić information content (AvgIpc) is 3.32. The van der Waals surface area contributed by atoms with Crippen molar-refractivity contribution in [3.05, 3.63) is 57.5 Å². The number of carbonyl (C=O) groups is 3. The van der Waals surface area contributed by atoms with Gasteiger partial charge >= 0.3 is 5.97 Å². The van der Waals surface area contributed by atoms with Crippen molar-refractivity contribution >= 4 is 58.6 Å². The maximum Gasteiger partial charge on any atom is 0.330 e. The van der Waals surface area contributed by atoms with E-state index >= 15 is 0 Å². The van der Waals surface area contributed by atoms with Crippen LogP contribution in [0.3, 0.4) is 0 Å². The van der Waals surface area contributed by atoms with Gasteiger partial charge < -0.3 is 15.0 Å². The number of anilines is 1. The van der Waals surface area contributed by atoms with Gasteiger partial charge in [-0.25, -0.2) is 14.2 Å². The molecule has 32 heavy (non-hydrogen) atoms. The molecule has 168 valence electrons. The Bertz CT molecular complexity index is 1100. The second kappa shape index (κ2) is 8.88. The number of pyridine rings is 1. The quantitative estimate of drug-likeness (QED) is 0.630. The first-order chi connectivity index (χ1) is 15.2. The zero-order chi connectivity index (χ0) is 23.0. The Hall–Kier alpha value is -2.36. The lowest BCUT2D eigenvalue weighted by Crippen LogP contribution is -2.47. The third-order valence-electron chi connectivity index (χ3n) is 5.50. The summed E-state index contributed by atoms with van der Waals surface area (Å²) in [5.41, 5.74) is 1.31. The largest absolute Gasteiger partial charge is 0.454 e. The molecule has 4 rings (SSSR count). The van der Waals surface area contributed by atoms with Gasteiger partial charge in [0.2, 0.25) is 5.91 Å². The van der Waals surface area contributed by atoms with Gasteiger partial charge in [0.05, 0.1) is 10.0 Å². The molecule has 0 saturated carbocycles. The summed E-state index contributed by atoms with van der Waals surface area (Å²) in [6.45, 7) is 1.12. The number of amides is 2. The minimum Gasteiger partial charge on any atom is -0.454 e. The van der Waals surface area contributed by atoms with Crippen LogP contribution in [0.1, 0.15) is 24.0 Å². The van der Waals surface area contributed by atoms with Crippen LogP contribution in [0.15, 0.2) is 30.5 Å². The van der Waals surface area contributed by atoms with Gasteiger partial charge in [0.15, 0.2) is 12.4 Å². The lowest BCUT2D eigenvalue weighted by Gasteiger charge is -2.33. The molecule has 2 fully saturated rings. The molecule has 3 heterocycles. The first kappa shape index (κ1) is 22.8. The summed E-state index contributed by atoms with van der Waals surface area (Å²) in [5.74, 6) is -1.45. The van der Waals surface area contributed by atoms with Gasteiger partial charge in [-0.15, -0.1) is 11.8 Å². The highest BCUT2D eigenvalue weighted by molar-refractivity contribution is 8.00. The highest BCUT2D eigenvalue weighted by Crippen LogP contribution is 2.54. The van der Waals surface area contributed by atoms with E-state index in [0.29, 0.717) is 22.8 Å². The van der Waals surface area contributed by atoms with Crippen LogP contribution in [0.5, 0.6) is 0 Å². The van der Waals surface area contributed by atoms with E-state index in [1.54, 1.807) is 19.1 Å². The van der Waals surface area contributed by atoms with Crippen LogP contribution in [0.4, 0.5) is 10.2 Å². The van der Waals surface area contributed by atoms with E-state index in [0.717, 1.165) is 5.56 Å². The summed E-state index contributed by atoms with van der Waals surface area (Å²) in [6.07, 6.45) is 2.13. The number of ether oxygens (including phenoxy) is 1. The van der Waals surface area contributed by atoms with Crippen LogP contribution in [-0.2, 0) is 24.0 Å². The van der Waals surface area contributed by atoms with Gasteiger partial charge in [-0.1, -0.05) is 35.3 Å². The molecule has 0 bridgehead atoms. The van der Waals surface area contributed by atoms with E-state index in [9.17, 15) is 18.8 Å². The number of fused-ring (bicyclic) bond motifs is 1. The number of thioether (sulfide) groups is 1. The Kier molecular flexibility index (Phi) is 6.33. The third kappa shape index (κ3) is 4.04. The number of nitrogens with zero attached hydrogens (tertiary/aromatic N) is 2. The van der Waals surface area contributed by atoms with Crippen LogP contribution in [-0.4, -0.2) is 46.1 Å². The minimum atomic E-state index is -0.840. The molecule has 2 aliphatic heterocycles. The first-order valence-electron chi connectivity index (χ1n) is 9.72. The topological polar surface area (TPSA) is 88.6 Å². The molecule has 11 heteroatoms. The number of hydrogen-bond acceptors (Lipinski definition) is 6. The molecular weight excluding hydrogens is 480 g/mol. The number of aromatic nitrogens is 1. The molecule has 0 radical (unpaired) electrons. The molecule has 2 aliphatic rings. The Balaban J connectivity index is 1.43. The molecule has 2 unspecified atom stereocenters. The molecule has 7 nitrogen and oxygen atoms in total. The van der Waals surface area contributed by atoms with Gasteiger partial charge in [0.25, 0.3) is 5.91 Å². The monoisotopic (exact) mass is 497 g/mol. The molecule has 0 spiro atoms. The molecule has 2 aromatic rings. The normalized spacial score (nSPS) is 22.1. The number of carbonyl (C=O) groups excluding carboxylic acids is 3. The Morgan fingerprint density at radius 2 is 2.06 bits per heavy atom. The summed E-state index contributed by atoms with van der Waals surface area (Å²) < 4.78 is 18.6. The molecule has 1 N–H and O–H groups in total. The number of hydrogen-bond donors (Lipinski definition) is 1. The van der Waals surface area contributed by atoms with Crippen molar-refractivity contribution in [3.63, 3.8) is 0 Å². The number of halogens is 3. The van der Waals surface area contributed by atoms with Crippen molar-refractivity contribution in [1.82, 2.24) is 9.88 Å². The standard InChI is InChI=1S/C21H18Cl2FN3O4S/c1-11-14(22)8-25-19(18(11)23)26-16(28)9-31-20(30)15-10-32-21(7-6-17(29)27(15)21)12-2-4-13(24)5-3-12/h2-5,8,15H,6-7,9-10H2,1H3,(H,25,26,28). The van der Waals surface area contributed by atoms with Crippen LogP contribution in [0.25, 0.3) is 0 Å². The summed E-state index contributed by atoms with van der Waals surface area (Å²) in [5, 5.41) is 3.03. The highest BCUT2D eigenvalue weighted by Gasteiger charge is 2.57. The van der Waals surface area contributed by atoms with Crippen LogP contribution in [0.2, 0.25) is 10.0 Å². The van der Waals surface area contributed by atoms with Gasteiger partial charge in [-0.05, 0) is 36.6 Å². The second-order valence-electron chi connectivity index (χ2n) is 7.43. The fourth-order valence-electron chi connectivity index (χ4n) is 3.87. The van der Waals surface area contributed by atoms with E-state index < -0.39 is 29.4 Å². The predicted octanol–water partition coefficient (Wildman–Crippen LogP) is 3.91. The summed E-state index contributed by atoms with van der Waals surface area (Å²) in [6, 6.07) is 5.07. The van der Waals surface area contributed by atoms with E-state index in [2.05, 4.69) is 10.3 Å². The zero-order valence-corrected chi connectivity index (χ0v) is 19.2. The Morgan fingerprint density at radius 1 is 1.34 bits per heavy atom. The molecule has 2 atom stereocenters. The molecule has 2 saturated heterocycles. The van der Waals surface area contributed by atoms with Gasteiger partial charge in [0.1, 0.15) is 16.7 Å². The number of nitrogens with one attached hydrogen (secondary N) is 1.